The average Bonchev–Trinajstić information content (AvgIpc) is 3.18. The van der Waals surface area contributed by atoms with Gasteiger partial charge in [-0.2, -0.15) is 11.3 Å². The molecule has 28 heavy (non-hydrogen) atoms. The molecule has 1 heterocycles. The molecule has 0 aliphatic heterocycles. The minimum atomic E-state index is 0.0681. The van der Waals surface area contributed by atoms with Gasteiger partial charge >= 0.3 is 0 Å². The van der Waals surface area contributed by atoms with Gasteiger partial charge in [0.05, 0.1) is 0 Å². The molecule has 0 radical (unpaired) electrons. The lowest BCUT2D eigenvalue weighted by Gasteiger charge is -2.17. The third-order valence-electron chi connectivity index (χ3n) is 5.15. The van der Waals surface area contributed by atoms with Crippen LogP contribution in [0.4, 0.5) is 0 Å². The minimum Gasteiger partial charge on any atom is -0.385 e. The monoisotopic (exact) mass is 413 g/mol. The van der Waals surface area contributed by atoms with Gasteiger partial charge in [0, 0.05) is 17.6 Å². The van der Waals surface area contributed by atoms with E-state index in [1.807, 2.05) is 13.0 Å². The summed E-state index contributed by atoms with van der Waals surface area (Å²) in [6.45, 7) is 13.8. The Bertz CT molecular complexity index is 815. The van der Waals surface area contributed by atoms with Crippen molar-refractivity contribution in [3.05, 3.63) is 87.7 Å². The summed E-state index contributed by atoms with van der Waals surface area (Å²) in [5, 5.41) is 7.91. The largest absolute Gasteiger partial charge is 0.385 e. The smallest absolute Gasteiger partial charge is 0.0490 e. The molecule has 1 N–H and O–H groups in total. The molecule has 150 valence electrons. The fourth-order valence-electron chi connectivity index (χ4n) is 3.05. The molecule has 0 amide bonds. The number of rotatable bonds is 10. The zero-order chi connectivity index (χ0) is 20.5. The SMILES string of the molecule is C=C(NCCC(C)/C(C)=C(C)/C=C\C(C)Cl)c1cccc(Cc2ccsc2)c1. The second-order valence-corrected chi connectivity index (χ2v) is 8.97. The van der Waals surface area contributed by atoms with Gasteiger partial charge in [-0.25, -0.2) is 0 Å². The van der Waals surface area contributed by atoms with Gasteiger partial charge in [0.2, 0.25) is 0 Å². The summed E-state index contributed by atoms with van der Waals surface area (Å²) in [5.74, 6) is 0.514. The third kappa shape index (κ3) is 7.33. The van der Waals surface area contributed by atoms with Gasteiger partial charge in [-0.1, -0.05) is 55.0 Å². The van der Waals surface area contributed by atoms with Crippen LogP contribution < -0.4 is 5.32 Å². The molecule has 1 aromatic heterocycles. The molecule has 0 aliphatic rings. The molecule has 1 aromatic carbocycles. The number of thiophene rings is 1. The first kappa shape index (κ1) is 22.5. The van der Waals surface area contributed by atoms with E-state index in [1.165, 1.54) is 27.8 Å². The molecule has 0 spiro atoms. The Morgan fingerprint density at radius 1 is 1.21 bits per heavy atom. The van der Waals surface area contributed by atoms with Crippen molar-refractivity contribution in [3.63, 3.8) is 0 Å². The van der Waals surface area contributed by atoms with Crippen molar-refractivity contribution < 1.29 is 0 Å². The van der Waals surface area contributed by atoms with Crippen molar-refractivity contribution in [1.29, 1.82) is 0 Å². The Balaban J connectivity index is 1.87. The first-order valence-electron chi connectivity index (χ1n) is 9.89. The average molecular weight is 414 g/mol. The van der Waals surface area contributed by atoms with Crippen LogP contribution in [-0.2, 0) is 6.42 Å². The highest BCUT2D eigenvalue weighted by Crippen LogP contribution is 2.20. The highest BCUT2D eigenvalue weighted by atomic mass is 35.5. The summed E-state index contributed by atoms with van der Waals surface area (Å²) in [7, 11) is 0. The van der Waals surface area contributed by atoms with E-state index in [1.54, 1.807) is 11.3 Å². The van der Waals surface area contributed by atoms with Crippen molar-refractivity contribution in [2.45, 2.75) is 45.9 Å². The van der Waals surface area contributed by atoms with E-state index in [9.17, 15) is 0 Å². The summed E-state index contributed by atoms with van der Waals surface area (Å²) in [5.41, 5.74) is 7.57. The standard InChI is InChI=1S/C25H32ClNS/c1-18(9-10-20(3)26)21(4)19(2)11-13-27-22(5)25-8-6-7-23(16-25)15-24-12-14-28-17-24/h6-10,12,14,16-17,19-20,27H,5,11,13,15H2,1-4H3/b10-9-,21-18+. The van der Waals surface area contributed by atoms with Gasteiger partial charge < -0.3 is 5.32 Å². The molecular weight excluding hydrogens is 382 g/mol. The van der Waals surface area contributed by atoms with Gasteiger partial charge in [0.1, 0.15) is 0 Å². The van der Waals surface area contributed by atoms with Crippen LogP contribution in [-0.4, -0.2) is 11.9 Å². The zero-order valence-corrected chi connectivity index (χ0v) is 19.0. The number of halogens is 1. The van der Waals surface area contributed by atoms with Gasteiger partial charge in [-0.15, -0.1) is 11.6 Å². The van der Waals surface area contributed by atoms with Crippen LogP contribution in [0.15, 0.2) is 71.0 Å². The highest BCUT2D eigenvalue weighted by Gasteiger charge is 2.08. The molecule has 2 rings (SSSR count). The molecule has 2 unspecified atom stereocenters. The molecule has 0 saturated heterocycles. The number of benzene rings is 1. The van der Waals surface area contributed by atoms with Crippen LogP contribution >= 0.6 is 22.9 Å². The van der Waals surface area contributed by atoms with E-state index < -0.39 is 0 Å². The lowest BCUT2D eigenvalue weighted by atomic mass is 9.94. The van der Waals surface area contributed by atoms with Crippen molar-refractivity contribution in [2.24, 2.45) is 5.92 Å². The first-order chi connectivity index (χ1) is 13.4. The van der Waals surface area contributed by atoms with Crippen LogP contribution in [0, 0.1) is 5.92 Å². The molecule has 2 aromatic rings. The number of hydrogen-bond acceptors (Lipinski definition) is 2. The fourth-order valence-corrected chi connectivity index (χ4v) is 3.79. The second kappa shape index (κ2) is 11.3. The third-order valence-corrected chi connectivity index (χ3v) is 6.03. The Morgan fingerprint density at radius 2 is 2.00 bits per heavy atom. The van der Waals surface area contributed by atoms with Crippen LogP contribution in [0.3, 0.4) is 0 Å². The summed E-state index contributed by atoms with van der Waals surface area (Å²) in [6, 6.07) is 10.9. The minimum absolute atomic E-state index is 0.0681. The topological polar surface area (TPSA) is 12.0 Å². The molecule has 0 aliphatic carbocycles. The van der Waals surface area contributed by atoms with Gasteiger partial charge in [-0.05, 0) is 79.1 Å². The van der Waals surface area contributed by atoms with Crippen LogP contribution in [0.5, 0.6) is 0 Å². The molecule has 3 heteroatoms. The van der Waals surface area contributed by atoms with E-state index in [2.05, 4.69) is 79.8 Å². The molecule has 0 saturated carbocycles. The number of hydrogen-bond donors (Lipinski definition) is 1. The Morgan fingerprint density at radius 3 is 2.68 bits per heavy atom. The highest BCUT2D eigenvalue weighted by molar-refractivity contribution is 7.07. The van der Waals surface area contributed by atoms with Crippen molar-refractivity contribution in [3.8, 4) is 0 Å². The van der Waals surface area contributed by atoms with Crippen LogP contribution in [0.1, 0.15) is 50.8 Å². The van der Waals surface area contributed by atoms with E-state index in [4.69, 9.17) is 11.6 Å². The predicted molar refractivity (Wildman–Crippen MR) is 127 cm³/mol. The Hall–Kier alpha value is -1.77. The first-order valence-corrected chi connectivity index (χ1v) is 11.3. The lowest BCUT2D eigenvalue weighted by molar-refractivity contribution is 0.595. The zero-order valence-electron chi connectivity index (χ0n) is 17.5. The van der Waals surface area contributed by atoms with E-state index in [0.717, 1.165) is 25.1 Å². The molecule has 0 fully saturated rings. The van der Waals surface area contributed by atoms with E-state index in [-0.39, 0.29) is 5.38 Å². The van der Waals surface area contributed by atoms with Crippen molar-refractivity contribution >= 4 is 28.6 Å². The van der Waals surface area contributed by atoms with Crippen molar-refractivity contribution in [1.82, 2.24) is 5.32 Å². The maximum atomic E-state index is 6.00. The summed E-state index contributed by atoms with van der Waals surface area (Å²) < 4.78 is 0. The van der Waals surface area contributed by atoms with Gasteiger partial charge in [0.15, 0.2) is 0 Å². The normalized spacial score (nSPS) is 14.6. The summed E-state index contributed by atoms with van der Waals surface area (Å²) in [6.07, 6.45) is 6.21. The Kier molecular flexibility index (Phi) is 9.08. The molecule has 0 bridgehead atoms. The number of alkyl halides is 1. The van der Waals surface area contributed by atoms with E-state index in [0.29, 0.717) is 5.92 Å². The van der Waals surface area contributed by atoms with Gasteiger partial charge in [0.25, 0.3) is 0 Å². The number of allylic oxidation sites excluding steroid dienone is 4. The Labute approximate surface area is 179 Å². The summed E-state index contributed by atoms with van der Waals surface area (Å²) >= 11 is 7.75. The maximum absolute atomic E-state index is 6.00. The van der Waals surface area contributed by atoms with Crippen molar-refractivity contribution in [2.75, 3.05) is 6.54 Å². The van der Waals surface area contributed by atoms with Gasteiger partial charge in [-0.3, -0.25) is 0 Å². The molecular formula is C25H32ClNS. The quantitative estimate of drug-likeness (QED) is 0.315. The number of nitrogens with one attached hydrogen (secondary N) is 1. The van der Waals surface area contributed by atoms with E-state index >= 15 is 0 Å². The predicted octanol–water partition coefficient (Wildman–Crippen LogP) is 7.45. The molecule has 2 atom stereocenters. The van der Waals surface area contributed by atoms with Crippen LogP contribution in [0.25, 0.3) is 5.70 Å². The lowest BCUT2D eigenvalue weighted by Crippen LogP contribution is -2.16. The fraction of sp³-hybridized carbons (Fsp3) is 0.360. The van der Waals surface area contributed by atoms with Crippen LogP contribution in [0.2, 0.25) is 0 Å². The summed E-state index contributed by atoms with van der Waals surface area (Å²) in [4.78, 5) is 0. The second-order valence-electron chi connectivity index (χ2n) is 7.51. The maximum Gasteiger partial charge on any atom is 0.0490 e. The molecule has 1 nitrogen and oxygen atoms in total.